The molecule has 1 aromatic rings. The highest BCUT2D eigenvalue weighted by Crippen LogP contribution is 2.12. The van der Waals surface area contributed by atoms with Gasteiger partial charge in [-0.05, 0) is 34.9 Å². The molecule has 0 radical (unpaired) electrons. The van der Waals surface area contributed by atoms with E-state index < -0.39 is 0 Å². The van der Waals surface area contributed by atoms with Crippen LogP contribution in [0.15, 0.2) is 12.4 Å². The van der Waals surface area contributed by atoms with Gasteiger partial charge in [-0.25, -0.2) is 9.97 Å². The topological polar surface area (TPSA) is 29.0 Å². The van der Waals surface area contributed by atoms with Crippen molar-refractivity contribution in [3.8, 4) is 0 Å². The van der Waals surface area contributed by atoms with Gasteiger partial charge in [0.2, 0.25) is 0 Å². The Morgan fingerprint density at radius 1 is 1.43 bits per heavy atom. The lowest BCUT2D eigenvalue weighted by atomic mass is 10.1. The molecule has 0 saturated heterocycles. The smallest absolute Gasteiger partial charge is 0.132 e. The van der Waals surface area contributed by atoms with Crippen LogP contribution in [0.3, 0.4) is 0 Å². The average Bonchev–Trinajstić information content (AvgIpc) is 2.14. The van der Waals surface area contributed by atoms with E-state index in [-0.39, 0.29) is 0 Å². The lowest BCUT2D eigenvalue weighted by molar-refractivity contribution is 0.583. The van der Waals surface area contributed by atoms with Crippen molar-refractivity contribution in [1.82, 2.24) is 9.97 Å². The summed E-state index contributed by atoms with van der Waals surface area (Å²) in [7, 11) is 2.07. The molecule has 4 heteroatoms. The fourth-order valence-electron chi connectivity index (χ4n) is 1.10. The van der Waals surface area contributed by atoms with Crippen LogP contribution < -0.4 is 4.90 Å². The molecule has 0 aliphatic rings. The number of hydrogen-bond acceptors (Lipinski definition) is 3. The van der Waals surface area contributed by atoms with Crippen molar-refractivity contribution >= 4 is 28.4 Å². The van der Waals surface area contributed by atoms with Crippen molar-refractivity contribution in [2.24, 2.45) is 5.92 Å². The van der Waals surface area contributed by atoms with Crippen molar-refractivity contribution in [1.29, 1.82) is 0 Å². The van der Waals surface area contributed by atoms with Crippen LogP contribution in [0.1, 0.15) is 20.3 Å². The number of nitrogens with zero attached hydrogens (tertiary/aromatic N) is 3. The van der Waals surface area contributed by atoms with Gasteiger partial charge in [0, 0.05) is 19.7 Å². The van der Waals surface area contributed by atoms with E-state index in [1.54, 1.807) is 6.33 Å². The predicted molar refractivity (Wildman–Crippen MR) is 67.5 cm³/mol. The summed E-state index contributed by atoms with van der Waals surface area (Å²) in [4.78, 5) is 10.5. The van der Waals surface area contributed by atoms with Crippen molar-refractivity contribution in [2.75, 3.05) is 18.5 Å². The Balaban J connectivity index is 2.56. The van der Waals surface area contributed by atoms with Gasteiger partial charge in [0.15, 0.2) is 0 Å². The third-order valence-electron chi connectivity index (χ3n) is 2.05. The number of hydrogen-bond donors (Lipinski definition) is 0. The van der Waals surface area contributed by atoms with Gasteiger partial charge in [-0.3, -0.25) is 0 Å². The van der Waals surface area contributed by atoms with Crippen LogP contribution in [0.2, 0.25) is 0 Å². The van der Waals surface area contributed by atoms with Gasteiger partial charge in [0.05, 0.1) is 0 Å². The summed E-state index contributed by atoms with van der Waals surface area (Å²) in [5, 5.41) is 0. The Bertz CT molecular complexity index is 288. The van der Waals surface area contributed by atoms with E-state index in [0.29, 0.717) is 0 Å². The maximum Gasteiger partial charge on any atom is 0.132 e. The Hall–Kier alpha value is -0.390. The number of halogens is 1. The molecule has 1 heterocycles. The zero-order valence-electron chi connectivity index (χ0n) is 8.87. The highest BCUT2D eigenvalue weighted by molar-refractivity contribution is 14.1. The molecule has 14 heavy (non-hydrogen) atoms. The Morgan fingerprint density at radius 3 is 2.71 bits per heavy atom. The van der Waals surface area contributed by atoms with E-state index >= 15 is 0 Å². The van der Waals surface area contributed by atoms with Crippen LogP contribution in [0.4, 0.5) is 5.82 Å². The van der Waals surface area contributed by atoms with E-state index in [9.17, 15) is 0 Å². The molecule has 3 nitrogen and oxygen atoms in total. The number of rotatable bonds is 4. The van der Waals surface area contributed by atoms with Gasteiger partial charge < -0.3 is 4.90 Å². The summed E-state index contributed by atoms with van der Waals surface area (Å²) in [6, 6.07) is 2.00. The SMILES string of the molecule is CC(C)CCN(C)c1cc(I)ncn1. The van der Waals surface area contributed by atoms with E-state index in [4.69, 9.17) is 0 Å². The van der Waals surface area contributed by atoms with Crippen molar-refractivity contribution in [3.05, 3.63) is 16.1 Å². The summed E-state index contributed by atoms with van der Waals surface area (Å²) in [5.74, 6) is 1.74. The van der Waals surface area contributed by atoms with Crippen LogP contribution in [-0.2, 0) is 0 Å². The summed E-state index contributed by atoms with van der Waals surface area (Å²) in [6.45, 7) is 5.51. The normalized spacial score (nSPS) is 10.6. The fraction of sp³-hybridized carbons (Fsp3) is 0.600. The van der Waals surface area contributed by atoms with E-state index in [0.717, 1.165) is 22.0 Å². The monoisotopic (exact) mass is 305 g/mol. The standard InChI is InChI=1S/C10H16IN3/c1-8(2)4-5-14(3)10-6-9(11)12-7-13-10/h6-8H,4-5H2,1-3H3. The fourth-order valence-corrected chi connectivity index (χ4v) is 1.50. The van der Waals surface area contributed by atoms with E-state index in [1.807, 2.05) is 6.07 Å². The molecule has 0 N–H and O–H groups in total. The second-order valence-corrected chi connectivity index (χ2v) is 4.91. The first kappa shape index (κ1) is 11.7. The molecule has 0 aromatic carbocycles. The Kier molecular flexibility index (Phi) is 4.57. The molecule has 0 atom stereocenters. The van der Waals surface area contributed by atoms with Gasteiger partial charge in [-0.2, -0.15) is 0 Å². The molecular weight excluding hydrogens is 289 g/mol. The maximum atomic E-state index is 4.23. The molecule has 0 aliphatic carbocycles. The summed E-state index contributed by atoms with van der Waals surface area (Å²) in [5.41, 5.74) is 0. The maximum absolute atomic E-state index is 4.23. The van der Waals surface area contributed by atoms with E-state index in [1.165, 1.54) is 6.42 Å². The second-order valence-electron chi connectivity index (χ2n) is 3.80. The first-order chi connectivity index (χ1) is 6.59. The van der Waals surface area contributed by atoms with Crippen LogP contribution in [0.5, 0.6) is 0 Å². The summed E-state index contributed by atoms with van der Waals surface area (Å²) in [6.07, 6.45) is 2.81. The minimum absolute atomic E-state index is 0.735. The zero-order valence-corrected chi connectivity index (χ0v) is 11.0. The average molecular weight is 305 g/mol. The Morgan fingerprint density at radius 2 is 2.14 bits per heavy atom. The summed E-state index contributed by atoms with van der Waals surface area (Å²) < 4.78 is 0.990. The van der Waals surface area contributed by atoms with Crippen LogP contribution >= 0.6 is 22.6 Å². The third-order valence-corrected chi connectivity index (χ3v) is 2.64. The predicted octanol–water partition coefficient (Wildman–Crippen LogP) is 2.56. The molecule has 0 aliphatic heterocycles. The van der Waals surface area contributed by atoms with Crippen molar-refractivity contribution < 1.29 is 0 Å². The third kappa shape index (κ3) is 3.77. The minimum atomic E-state index is 0.735. The molecular formula is C10H16IN3. The van der Waals surface area contributed by atoms with Gasteiger partial charge in [0.1, 0.15) is 15.8 Å². The van der Waals surface area contributed by atoms with Crippen molar-refractivity contribution in [2.45, 2.75) is 20.3 Å². The zero-order chi connectivity index (χ0) is 10.6. The molecule has 0 saturated carbocycles. The second kappa shape index (κ2) is 5.48. The number of anilines is 1. The molecule has 0 unspecified atom stereocenters. The van der Waals surface area contributed by atoms with Gasteiger partial charge in [-0.1, -0.05) is 13.8 Å². The van der Waals surface area contributed by atoms with Crippen LogP contribution in [0, 0.1) is 9.62 Å². The molecule has 0 amide bonds. The van der Waals surface area contributed by atoms with Gasteiger partial charge in [-0.15, -0.1) is 0 Å². The summed E-state index contributed by atoms with van der Waals surface area (Å²) >= 11 is 2.20. The lowest BCUT2D eigenvalue weighted by Crippen LogP contribution is -2.21. The first-order valence-electron chi connectivity index (χ1n) is 4.78. The molecule has 0 fully saturated rings. The number of aromatic nitrogens is 2. The molecule has 0 bridgehead atoms. The quantitative estimate of drug-likeness (QED) is 0.632. The molecule has 0 spiro atoms. The van der Waals surface area contributed by atoms with Crippen LogP contribution in [0.25, 0.3) is 0 Å². The highest BCUT2D eigenvalue weighted by atomic mass is 127. The largest absolute Gasteiger partial charge is 0.360 e. The highest BCUT2D eigenvalue weighted by Gasteiger charge is 2.03. The molecule has 78 valence electrons. The lowest BCUT2D eigenvalue weighted by Gasteiger charge is -2.18. The first-order valence-corrected chi connectivity index (χ1v) is 5.86. The molecule has 1 rings (SSSR count). The van der Waals surface area contributed by atoms with Crippen molar-refractivity contribution in [3.63, 3.8) is 0 Å². The minimum Gasteiger partial charge on any atom is -0.360 e. The molecule has 1 aromatic heterocycles. The Labute approximate surface area is 99.1 Å². The van der Waals surface area contributed by atoms with Gasteiger partial charge in [0.25, 0.3) is 0 Å². The van der Waals surface area contributed by atoms with Gasteiger partial charge >= 0.3 is 0 Å². The van der Waals surface area contributed by atoms with Crippen LogP contribution in [-0.4, -0.2) is 23.6 Å². The van der Waals surface area contributed by atoms with E-state index in [2.05, 4.69) is 58.4 Å².